The van der Waals surface area contributed by atoms with Gasteiger partial charge >= 0.3 is 0 Å². The van der Waals surface area contributed by atoms with Gasteiger partial charge in [-0.05, 0) is 38.1 Å². The lowest BCUT2D eigenvalue weighted by Crippen LogP contribution is -2.49. The SMILES string of the molecule is CC1CCCC(C#N)(N2CCCNCC2)CC1. The lowest BCUT2D eigenvalue weighted by atomic mass is 9.89. The van der Waals surface area contributed by atoms with Crippen LogP contribution in [0.25, 0.3) is 0 Å². The summed E-state index contributed by atoms with van der Waals surface area (Å²) in [6.07, 6.45) is 7.07. The standard InChI is InChI=1S/C14H25N3/c1-13-4-2-6-14(12-15,7-5-13)17-10-3-8-16-9-11-17/h13,16H,2-11H2,1H3. The number of nitriles is 1. The molecule has 2 rings (SSSR count). The zero-order valence-corrected chi connectivity index (χ0v) is 11.0. The van der Waals surface area contributed by atoms with Crippen LogP contribution >= 0.6 is 0 Å². The summed E-state index contributed by atoms with van der Waals surface area (Å²) in [5, 5.41) is 13.1. The van der Waals surface area contributed by atoms with E-state index in [1.165, 1.54) is 25.7 Å². The minimum atomic E-state index is -0.156. The topological polar surface area (TPSA) is 39.1 Å². The molecule has 0 aromatic heterocycles. The zero-order chi connectivity index (χ0) is 12.1. The molecule has 2 unspecified atom stereocenters. The van der Waals surface area contributed by atoms with Crippen molar-refractivity contribution in [2.75, 3.05) is 26.2 Å². The van der Waals surface area contributed by atoms with E-state index in [1.807, 2.05) is 0 Å². The van der Waals surface area contributed by atoms with Gasteiger partial charge in [-0.3, -0.25) is 4.90 Å². The molecule has 0 amide bonds. The summed E-state index contributed by atoms with van der Waals surface area (Å²) in [5.74, 6) is 0.801. The molecule has 0 spiro atoms. The highest BCUT2D eigenvalue weighted by atomic mass is 15.2. The van der Waals surface area contributed by atoms with Crippen molar-refractivity contribution in [3.63, 3.8) is 0 Å². The summed E-state index contributed by atoms with van der Waals surface area (Å²) < 4.78 is 0. The van der Waals surface area contributed by atoms with Gasteiger partial charge in [-0.15, -0.1) is 0 Å². The van der Waals surface area contributed by atoms with Crippen molar-refractivity contribution in [3.8, 4) is 6.07 Å². The predicted molar refractivity (Wildman–Crippen MR) is 69.7 cm³/mol. The van der Waals surface area contributed by atoms with E-state index < -0.39 is 0 Å². The van der Waals surface area contributed by atoms with Crippen LogP contribution in [0, 0.1) is 17.2 Å². The second kappa shape index (κ2) is 5.84. The molecule has 0 aromatic rings. The van der Waals surface area contributed by atoms with Crippen molar-refractivity contribution in [3.05, 3.63) is 0 Å². The Hall–Kier alpha value is -0.590. The van der Waals surface area contributed by atoms with E-state index in [4.69, 9.17) is 0 Å². The van der Waals surface area contributed by atoms with E-state index in [9.17, 15) is 5.26 Å². The molecule has 2 fully saturated rings. The van der Waals surface area contributed by atoms with Crippen LogP contribution in [0.1, 0.15) is 45.4 Å². The van der Waals surface area contributed by atoms with Gasteiger partial charge in [0.15, 0.2) is 0 Å². The molecule has 96 valence electrons. The Kier molecular flexibility index (Phi) is 4.42. The van der Waals surface area contributed by atoms with Crippen molar-refractivity contribution >= 4 is 0 Å². The van der Waals surface area contributed by atoms with Crippen LogP contribution in [0.2, 0.25) is 0 Å². The molecule has 2 atom stereocenters. The zero-order valence-electron chi connectivity index (χ0n) is 11.0. The first-order valence-corrected chi connectivity index (χ1v) is 7.14. The smallest absolute Gasteiger partial charge is 0.109 e. The van der Waals surface area contributed by atoms with Gasteiger partial charge < -0.3 is 5.32 Å². The fraction of sp³-hybridized carbons (Fsp3) is 0.929. The quantitative estimate of drug-likeness (QED) is 0.708. The molecule has 3 nitrogen and oxygen atoms in total. The summed E-state index contributed by atoms with van der Waals surface area (Å²) in [5.41, 5.74) is -0.156. The Morgan fingerprint density at radius 1 is 1.18 bits per heavy atom. The fourth-order valence-electron chi connectivity index (χ4n) is 3.27. The molecule has 0 aromatic carbocycles. The lowest BCUT2D eigenvalue weighted by Gasteiger charge is -2.37. The highest BCUT2D eigenvalue weighted by Gasteiger charge is 2.38. The van der Waals surface area contributed by atoms with Crippen LogP contribution in [0.4, 0.5) is 0 Å². The van der Waals surface area contributed by atoms with Crippen LogP contribution in [-0.4, -0.2) is 36.6 Å². The first kappa shape index (κ1) is 12.9. The summed E-state index contributed by atoms with van der Waals surface area (Å²) in [7, 11) is 0. The lowest BCUT2D eigenvalue weighted by molar-refractivity contribution is 0.128. The maximum absolute atomic E-state index is 9.68. The van der Waals surface area contributed by atoms with Crippen molar-refractivity contribution in [1.82, 2.24) is 10.2 Å². The molecular formula is C14H25N3. The monoisotopic (exact) mass is 235 g/mol. The second-order valence-corrected chi connectivity index (χ2v) is 5.77. The van der Waals surface area contributed by atoms with Gasteiger partial charge in [0.1, 0.15) is 5.54 Å². The Morgan fingerprint density at radius 3 is 2.88 bits per heavy atom. The molecule has 17 heavy (non-hydrogen) atoms. The summed E-state index contributed by atoms with van der Waals surface area (Å²) >= 11 is 0. The average Bonchev–Trinajstić information content (AvgIpc) is 2.70. The summed E-state index contributed by atoms with van der Waals surface area (Å²) in [6.45, 7) is 6.61. The molecule has 0 radical (unpaired) electrons. The normalized spacial score (nSPS) is 36.8. The number of hydrogen-bond acceptors (Lipinski definition) is 3. The van der Waals surface area contributed by atoms with E-state index in [0.717, 1.165) is 44.9 Å². The van der Waals surface area contributed by atoms with E-state index in [1.54, 1.807) is 0 Å². The van der Waals surface area contributed by atoms with Crippen LogP contribution in [0.5, 0.6) is 0 Å². The van der Waals surface area contributed by atoms with Crippen molar-refractivity contribution in [1.29, 1.82) is 5.26 Å². The molecule has 1 saturated heterocycles. The minimum absolute atomic E-state index is 0.156. The maximum atomic E-state index is 9.68. The number of nitrogens with zero attached hydrogens (tertiary/aromatic N) is 2. The minimum Gasteiger partial charge on any atom is -0.315 e. The average molecular weight is 235 g/mol. The molecular weight excluding hydrogens is 210 g/mol. The first-order valence-electron chi connectivity index (χ1n) is 7.14. The summed E-state index contributed by atoms with van der Waals surface area (Å²) in [4.78, 5) is 2.46. The van der Waals surface area contributed by atoms with Crippen molar-refractivity contribution in [2.45, 2.75) is 51.0 Å². The number of hydrogen-bond donors (Lipinski definition) is 1. The highest BCUT2D eigenvalue weighted by Crippen LogP contribution is 2.34. The highest BCUT2D eigenvalue weighted by molar-refractivity contribution is 5.09. The van der Waals surface area contributed by atoms with Gasteiger partial charge in [-0.2, -0.15) is 5.26 Å². The Balaban J connectivity index is 2.08. The molecule has 0 bridgehead atoms. The van der Waals surface area contributed by atoms with E-state index in [-0.39, 0.29) is 5.54 Å². The molecule has 1 N–H and O–H groups in total. The van der Waals surface area contributed by atoms with E-state index >= 15 is 0 Å². The van der Waals surface area contributed by atoms with Crippen molar-refractivity contribution in [2.24, 2.45) is 5.92 Å². The molecule has 1 heterocycles. The third kappa shape index (κ3) is 3.00. The first-order chi connectivity index (χ1) is 8.27. The fourth-order valence-corrected chi connectivity index (χ4v) is 3.27. The van der Waals surface area contributed by atoms with Gasteiger partial charge in [-0.25, -0.2) is 0 Å². The molecule has 1 aliphatic carbocycles. The Morgan fingerprint density at radius 2 is 2.06 bits per heavy atom. The second-order valence-electron chi connectivity index (χ2n) is 5.77. The molecule has 1 saturated carbocycles. The van der Waals surface area contributed by atoms with Crippen LogP contribution in [0.3, 0.4) is 0 Å². The van der Waals surface area contributed by atoms with E-state index in [2.05, 4.69) is 23.2 Å². The Bertz CT molecular complexity index is 276. The van der Waals surface area contributed by atoms with Crippen LogP contribution in [-0.2, 0) is 0 Å². The number of rotatable bonds is 1. The van der Waals surface area contributed by atoms with Crippen LogP contribution in [0.15, 0.2) is 0 Å². The molecule has 3 heteroatoms. The number of nitrogens with one attached hydrogen (secondary N) is 1. The largest absolute Gasteiger partial charge is 0.315 e. The predicted octanol–water partition coefficient (Wildman–Crippen LogP) is 2.14. The molecule has 1 aliphatic heterocycles. The van der Waals surface area contributed by atoms with Gasteiger partial charge in [0.25, 0.3) is 0 Å². The maximum Gasteiger partial charge on any atom is 0.109 e. The van der Waals surface area contributed by atoms with Gasteiger partial charge in [0, 0.05) is 19.6 Å². The van der Waals surface area contributed by atoms with Gasteiger partial charge in [-0.1, -0.05) is 19.8 Å². The third-order valence-electron chi connectivity index (χ3n) is 4.49. The van der Waals surface area contributed by atoms with Crippen molar-refractivity contribution < 1.29 is 0 Å². The Labute approximate surface area is 105 Å². The summed E-state index contributed by atoms with van der Waals surface area (Å²) in [6, 6.07) is 2.67. The van der Waals surface area contributed by atoms with Gasteiger partial charge in [0.2, 0.25) is 0 Å². The van der Waals surface area contributed by atoms with E-state index in [0.29, 0.717) is 0 Å². The third-order valence-corrected chi connectivity index (χ3v) is 4.49. The molecule has 2 aliphatic rings. The van der Waals surface area contributed by atoms with Gasteiger partial charge in [0.05, 0.1) is 6.07 Å². The van der Waals surface area contributed by atoms with Crippen LogP contribution < -0.4 is 5.32 Å².